The number of esters is 1. The Bertz CT molecular complexity index is 1590. The zero-order chi connectivity index (χ0) is 35.6. The molecule has 2 fully saturated rings. The predicted octanol–water partition coefficient (Wildman–Crippen LogP) is 2.71. The average molecular weight is 693 g/mol. The number of nitrogens with one attached hydrogen (secondary N) is 2. The molecule has 1 saturated carbocycles. The van der Waals surface area contributed by atoms with Crippen LogP contribution in [0.1, 0.15) is 80.9 Å². The highest BCUT2D eigenvalue weighted by atomic mass is 16.7. The van der Waals surface area contributed by atoms with Gasteiger partial charge in [-0.1, -0.05) is 40.0 Å². The first-order valence-corrected chi connectivity index (χ1v) is 17.1. The molecule has 3 aliphatic heterocycles. The third-order valence-corrected chi connectivity index (χ3v) is 9.85. The summed E-state index contributed by atoms with van der Waals surface area (Å²) in [6.07, 6.45) is 7.18. The number of fused-ring (bicyclic) bond motifs is 2. The second kappa shape index (κ2) is 14.5. The van der Waals surface area contributed by atoms with Crippen LogP contribution in [0.15, 0.2) is 30.7 Å². The minimum absolute atomic E-state index is 0.0323. The van der Waals surface area contributed by atoms with Gasteiger partial charge in [-0.3, -0.25) is 24.3 Å². The van der Waals surface area contributed by atoms with E-state index in [0.717, 1.165) is 43.2 Å². The lowest BCUT2D eigenvalue weighted by atomic mass is 9.82. The third kappa shape index (κ3) is 7.45. The molecule has 1 aliphatic carbocycles. The van der Waals surface area contributed by atoms with Gasteiger partial charge in [-0.2, -0.15) is 0 Å². The zero-order valence-electron chi connectivity index (χ0n) is 28.8. The Hall–Kier alpha value is -4.95. The summed E-state index contributed by atoms with van der Waals surface area (Å²) in [5.41, 5.74) is 1.12. The molecule has 268 valence electrons. The van der Waals surface area contributed by atoms with Crippen molar-refractivity contribution >= 4 is 29.8 Å². The van der Waals surface area contributed by atoms with Gasteiger partial charge in [-0.05, 0) is 47.4 Å². The number of rotatable bonds is 8. The Balaban J connectivity index is 1.16. The summed E-state index contributed by atoms with van der Waals surface area (Å²) in [7, 11) is 1.23. The van der Waals surface area contributed by atoms with E-state index in [9.17, 15) is 24.0 Å². The van der Waals surface area contributed by atoms with E-state index in [-0.39, 0.29) is 31.4 Å². The smallest absolute Gasteiger partial charge is 0.410 e. The molecule has 0 unspecified atom stereocenters. The minimum Gasteiger partial charge on any atom is -0.467 e. The van der Waals surface area contributed by atoms with E-state index < -0.39 is 59.4 Å². The summed E-state index contributed by atoms with van der Waals surface area (Å²) in [6.45, 7) is 6.13. The SMILES string of the molecule is COC(=O)[C@@H]1C[C@@H](OC(=O)N2Cc3cc4c(cc3C2)OCO4)CN1C(=O)[C@@H](NC(=O)[C@@H](NC(=O)c1cnccn1)C1CCCCC1)C(C)(C)C. The molecule has 6 rings (SSSR count). The number of aromatic nitrogens is 2. The van der Waals surface area contributed by atoms with Crippen LogP contribution in [0.4, 0.5) is 4.79 Å². The number of benzene rings is 1. The molecule has 4 aliphatic rings. The van der Waals surface area contributed by atoms with Gasteiger partial charge in [0.25, 0.3) is 5.91 Å². The van der Waals surface area contributed by atoms with Crippen molar-refractivity contribution in [3.8, 4) is 11.5 Å². The van der Waals surface area contributed by atoms with Crippen molar-refractivity contribution < 1.29 is 42.9 Å². The lowest BCUT2D eigenvalue weighted by Gasteiger charge is -2.37. The maximum atomic E-state index is 14.4. The van der Waals surface area contributed by atoms with Crippen molar-refractivity contribution in [2.75, 3.05) is 20.4 Å². The van der Waals surface area contributed by atoms with E-state index in [1.165, 1.54) is 35.5 Å². The molecule has 0 spiro atoms. The summed E-state index contributed by atoms with van der Waals surface area (Å²) < 4.78 is 21.8. The van der Waals surface area contributed by atoms with Gasteiger partial charge in [0.2, 0.25) is 18.6 Å². The Morgan fingerprint density at radius 3 is 2.24 bits per heavy atom. The topological polar surface area (TPSA) is 179 Å². The maximum absolute atomic E-state index is 14.4. The fraction of sp³-hybridized carbons (Fsp3) is 0.571. The molecule has 4 heterocycles. The first-order chi connectivity index (χ1) is 23.9. The van der Waals surface area contributed by atoms with E-state index in [1.54, 1.807) is 20.8 Å². The summed E-state index contributed by atoms with van der Waals surface area (Å²) in [5, 5.41) is 5.78. The number of nitrogens with zero attached hydrogens (tertiary/aromatic N) is 4. The maximum Gasteiger partial charge on any atom is 0.410 e. The average Bonchev–Trinajstić information content (AvgIpc) is 3.86. The van der Waals surface area contributed by atoms with Gasteiger partial charge in [-0.25, -0.2) is 14.6 Å². The molecule has 15 nitrogen and oxygen atoms in total. The number of likely N-dealkylation sites (tertiary alicyclic amines) is 1. The van der Waals surface area contributed by atoms with E-state index in [0.29, 0.717) is 24.6 Å². The van der Waals surface area contributed by atoms with Crippen LogP contribution >= 0.6 is 0 Å². The Morgan fingerprint density at radius 2 is 1.64 bits per heavy atom. The summed E-state index contributed by atoms with van der Waals surface area (Å²) >= 11 is 0. The Kier molecular flexibility index (Phi) is 10.1. The van der Waals surface area contributed by atoms with Gasteiger partial charge < -0.3 is 34.5 Å². The molecular weight excluding hydrogens is 648 g/mol. The summed E-state index contributed by atoms with van der Waals surface area (Å²) in [4.78, 5) is 78.8. The largest absolute Gasteiger partial charge is 0.467 e. The molecular formula is C35H44N6O9. The summed E-state index contributed by atoms with van der Waals surface area (Å²) in [5.74, 6) is -1.11. The monoisotopic (exact) mass is 692 g/mol. The number of hydrogen-bond acceptors (Lipinski definition) is 11. The van der Waals surface area contributed by atoms with Crippen LogP contribution in [-0.4, -0.2) is 94.2 Å². The van der Waals surface area contributed by atoms with E-state index in [1.807, 2.05) is 12.1 Å². The number of hydrogen-bond donors (Lipinski definition) is 2. The molecule has 2 aromatic rings. The highest BCUT2D eigenvalue weighted by Gasteiger charge is 2.48. The van der Waals surface area contributed by atoms with E-state index in [4.69, 9.17) is 18.9 Å². The van der Waals surface area contributed by atoms with Crippen molar-refractivity contribution in [1.82, 2.24) is 30.4 Å². The molecule has 4 atom stereocenters. The fourth-order valence-electron chi connectivity index (χ4n) is 7.16. The van der Waals surface area contributed by atoms with Crippen LogP contribution in [-0.2, 0) is 36.9 Å². The quantitative estimate of drug-likeness (QED) is 0.389. The second-order valence-electron chi connectivity index (χ2n) is 14.3. The number of carbonyl (C=O) groups is 5. The standard InChI is InChI=1S/C35H44N6O9/c1-35(2,3)29(39-31(43)28(20-8-6-5-7-9-20)38-30(42)24-15-36-10-11-37-24)32(44)41-18-23(14-25(41)33(45)47-4)50-34(46)40-16-21-12-26-27(49-19-48-26)13-22(21)17-40/h10-13,15,20,23,25,28-29H,5-9,14,16-19H2,1-4H3,(H,38,42)(H,39,43)/t23-,25+,28+,29-/m1/s1. The first kappa shape index (κ1) is 34.9. The molecule has 1 aromatic carbocycles. The summed E-state index contributed by atoms with van der Waals surface area (Å²) in [6, 6.07) is 0.667. The molecule has 0 bridgehead atoms. The molecule has 1 aromatic heterocycles. The second-order valence-corrected chi connectivity index (χ2v) is 14.3. The van der Waals surface area contributed by atoms with Crippen molar-refractivity contribution in [2.24, 2.45) is 11.3 Å². The lowest BCUT2D eigenvalue weighted by molar-refractivity contribution is -0.153. The third-order valence-electron chi connectivity index (χ3n) is 9.85. The molecule has 0 radical (unpaired) electrons. The van der Waals surface area contributed by atoms with Crippen LogP contribution in [0, 0.1) is 11.3 Å². The van der Waals surface area contributed by atoms with Gasteiger partial charge in [0.1, 0.15) is 29.9 Å². The van der Waals surface area contributed by atoms with Crippen molar-refractivity contribution in [3.63, 3.8) is 0 Å². The number of amides is 4. The Morgan fingerprint density at radius 1 is 0.960 bits per heavy atom. The highest BCUT2D eigenvalue weighted by molar-refractivity contribution is 5.98. The van der Waals surface area contributed by atoms with Crippen LogP contribution in [0.3, 0.4) is 0 Å². The van der Waals surface area contributed by atoms with Crippen LogP contribution < -0.4 is 20.1 Å². The molecule has 2 N–H and O–H groups in total. The first-order valence-electron chi connectivity index (χ1n) is 17.1. The predicted molar refractivity (Wildman–Crippen MR) is 175 cm³/mol. The van der Waals surface area contributed by atoms with Crippen LogP contribution in [0.25, 0.3) is 0 Å². The highest BCUT2D eigenvalue weighted by Crippen LogP contribution is 2.38. The molecule has 15 heteroatoms. The fourth-order valence-corrected chi connectivity index (χ4v) is 7.16. The molecule has 4 amide bonds. The lowest BCUT2D eigenvalue weighted by Crippen LogP contribution is -2.61. The van der Waals surface area contributed by atoms with Crippen LogP contribution in [0.2, 0.25) is 0 Å². The van der Waals surface area contributed by atoms with E-state index in [2.05, 4.69) is 20.6 Å². The van der Waals surface area contributed by atoms with Gasteiger partial charge >= 0.3 is 12.1 Å². The van der Waals surface area contributed by atoms with Gasteiger partial charge in [-0.15, -0.1) is 0 Å². The Labute approximate surface area is 290 Å². The molecule has 1 saturated heterocycles. The van der Waals surface area contributed by atoms with Gasteiger partial charge in [0, 0.05) is 31.9 Å². The van der Waals surface area contributed by atoms with Gasteiger partial charge in [0.05, 0.1) is 19.9 Å². The number of carbonyl (C=O) groups excluding carboxylic acids is 5. The molecule has 50 heavy (non-hydrogen) atoms. The van der Waals surface area contributed by atoms with Crippen molar-refractivity contribution in [3.05, 3.63) is 47.5 Å². The normalized spacial score (nSPS) is 21.2. The number of ether oxygens (including phenoxy) is 4. The van der Waals surface area contributed by atoms with Crippen molar-refractivity contribution in [1.29, 1.82) is 0 Å². The van der Waals surface area contributed by atoms with Gasteiger partial charge in [0.15, 0.2) is 11.5 Å². The van der Waals surface area contributed by atoms with Crippen molar-refractivity contribution in [2.45, 2.75) is 96.6 Å². The minimum atomic E-state index is -1.09. The van der Waals surface area contributed by atoms with E-state index >= 15 is 0 Å². The van der Waals surface area contributed by atoms with Crippen LogP contribution in [0.5, 0.6) is 11.5 Å². The zero-order valence-corrected chi connectivity index (χ0v) is 28.8. The number of methoxy groups -OCH3 is 1.